The molecule has 0 saturated carbocycles. The van der Waals surface area contributed by atoms with E-state index in [0.717, 1.165) is 6.92 Å². The number of amides is 2. The summed E-state index contributed by atoms with van der Waals surface area (Å²) >= 11 is 0. The molecule has 8 nitrogen and oxygen atoms in total. The topological polar surface area (TPSA) is 116 Å². The number of likely N-dealkylation sites (N-methyl/N-ethyl adjacent to an activating group) is 1. The molecule has 3 N–H and O–H groups in total. The number of carbonyl (C=O) groups is 3. The summed E-state index contributed by atoms with van der Waals surface area (Å²) in [6, 6.07) is -1.40. The summed E-state index contributed by atoms with van der Waals surface area (Å²) < 4.78 is 33.0. The van der Waals surface area contributed by atoms with Gasteiger partial charge in [0.1, 0.15) is 12.2 Å². The lowest BCUT2D eigenvalue weighted by atomic mass is 9.91. The number of carboxylic acid groups (broad SMARTS) is 1. The second-order valence-corrected chi connectivity index (χ2v) is 5.28. The number of hydrogen-bond donors (Lipinski definition) is 3. The molecule has 0 aromatic carbocycles. The minimum atomic E-state index is -3.77. The number of alkyl halides is 2. The van der Waals surface area contributed by atoms with E-state index in [1.54, 1.807) is 6.92 Å². The molecular formula is C13H20F2N2O6. The molecule has 0 spiro atoms. The van der Waals surface area contributed by atoms with Crippen molar-refractivity contribution in [2.45, 2.75) is 51.0 Å². The van der Waals surface area contributed by atoms with Crippen LogP contribution in [0.4, 0.5) is 8.78 Å². The first kappa shape index (κ1) is 19.2. The zero-order valence-corrected chi connectivity index (χ0v) is 13.0. The number of rotatable bonds is 5. The number of ether oxygens (including phenoxy) is 1. The van der Waals surface area contributed by atoms with Crippen LogP contribution < -0.4 is 5.32 Å². The Balaban J connectivity index is 3.14. The number of hydrogen-bond acceptors (Lipinski definition) is 5. The Morgan fingerprint density at radius 1 is 1.35 bits per heavy atom. The molecule has 2 amide bonds. The first-order chi connectivity index (χ1) is 10.5. The quantitative estimate of drug-likeness (QED) is 0.605. The first-order valence-corrected chi connectivity index (χ1v) is 6.99. The van der Waals surface area contributed by atoms with E-state index in [-0.39, 0.29) is 13.1 Å². The molecule has 5 atom stereocenters. The largest absolute Gasteiger partial charge is 0.477 e. The normalized spacial score (nSPS) is 33.8. The second-order valence-electron chi connectivity index (χ2n) is 5.28. The molecule has 1 aliphatic rings. The maximum Gasteiger partial charge on any atom is 0.372 e. The fourth-order valence-corrected chi connectivity index (χ4v) is 2.41. The molecule has 0 radical (unpaired) electrons. The summed E-state index contributed by atoms with van der Waals surface area (Å²) in [5.74, 6) is -7.06. The van der Waals surface area contributed by atoms with E-state index in [4.69, 9.17) is 9.84 Å². The van der Waals surface area contributed by atoms with Gasteiger partial charge in [-0.1, -0.05) is 0 Å². The predicted molar refractivity (Wildman–Crippen MR) is 72.8 cm³/mol. The zero-order chi connectivity index (χ0) is 17.9. The van der Waals surface area contributed by atoms with Crippen molar-refractivity contribution in [3.05, 3.63) is 0 Å². The van der Waals surface area contributed by atoms with Crippen LogP contribution in [-0.2, 0) is 19.1 Å². The van der Waals surface area contributed by atoms with Gasteiger partial charge in [-0.3, -0.25) is 9.59 Å². The van der Waals surface area contributed by atoms with Crippen molar-refractivity contribution in [1.29, 1.82) is 0 Å². The predicted octanol–water partition coefficient (Wildman–Crippen LogP) is -0.792. The number of nitrogens with zero attached hydrogens (tertiary/aromatic N) is 1. The van der Waals surface area contributed by atoms with Crippen LogP contribution in [0.1, 0.15) is 20.8 Å². The Morgan fingerprint density at radius 3 is 2.30 bits per heavy atom. The number of nitrogens with one attached hydrogen (secondary N) is 1. The Morgan fingerprint density at radius 2 is 1.91 bits per heavy atom. The molecule has 132 valence electrons. The van der Waals surface area contributed by atoms with Crippen molar-refractivity contribution >= 4 is 17.8 Å². The molecule has 0 aromatic rings. The highest BCUT2D eigenvalue weighted by molar-refractivity contribution is 5.77. The number of aliphatic hydroxyl groups excluding tert-OH is 1. The van der Waals surface area contributed by atoms with Crippen LogP contribution in [0.2, 0.25) is 0 Å². The van der Waals surface area contributed by atoms with Crippen LogP contribution in [0, 0.1) is 0 Å². The summed E-state index contributed by atoms with van der Waals surface area (Å²) in [4.78, 5) is 34.8. The van der Waals surface area contributed by atoms with Gasteiger partial charge in [-0.2, -0.15) is 4.39 Å². The number of aliphatic hydroxyl groups is 1. The minimum absolute atomic E-state index is 0.198. The maximum atomic E-state index is 14.3. The Kier molecular flexibility index (Phi) is 6.00. The molecule has 1 heterocycles. The number of carbonyl (C=O) groups excluding carboxylic acids is 2. The van der Waals surface area contributed by atoms with Crippen LogP contribution in [0.5, 0.6) is 0 Å². The third kappa shape index (κ3) is 3.94. The molecule has 1 rings (SSSR count). The second kappa shape index (κ2) is 7.18. The lowest BCUT2D eigenvalue weighted by molar-refractivity contribution is -0.275. The Bertz CT molecular complexity index is 491. The van der Waals surface area contributed by atoms with Crippen molar-refractivity contribution in [3.63, 3.8) is 0 Å². The van der Waals surface area contributed by atoms with Gasteiger partial charge in [0.25, 0.3) is 0 Å². The fraction of sp³-hybridized carbons (Fsp3) is 0.769. The number of aliphatic carboxylic acids is 1. The van der Waals surface area contributed by atoms with Gasteiger partial charge in [0.15, 0.2) is 6.17 Å². The van der Waals surface area contributed by atoms with Crippen molar-refractivity contribution in [1.82, 2.24) is 10.2 Å². The molecule has 23 heavy (non-hydrogen) atoms. The summed E-state index contributed by atoms with van der Waals surface area (Å²) in [5, 5.41) is 20.9. The van der Waals surface area contributed by atoms with E-state index in [1.807, 2.05) is 0 Å². The molecule has 2 unspecified atom stereocenters. The van der Waals surface area contributed by atoms with Crippen LogP contribution in [-0.4, -0.2) is 76.3 Å². The SMILES string of the molecule is CCN(CC1O[C@](F)(C(=O)O)C(F)[C@@H](O)[C@@H]1NC(C)=O)C(C)=O. The lowest BCUT2D eigenvalue weighted by Gasteiger charge is -2.44. The molecular weight excluding hydrogens is 318 g/mol. The average Bonchev–Trinajstić information content (AvgIpc) is 2.45. The molecule has 0 bridgehead atoms. The van der Waals surface area contributed by atoms with Crippen molar-refractivity contribution in [2.75, 3.05) is 13.1 Å². The van der Waals surface area contributed by atoms with E-state index in [1.165, 1.54) is 11.8 Å². The molecule has 0 aromatic heterocycles. The van der Waals surface area contributed by atoms with E-state index < -0.39 is 48.1 Å². The highest BCUT2D eigenvalue weighted by Crippen LogP contribution is 2.34. The van der Waals surface area contributed by atoms with Gasteiger partial charge in [-0.05, 0) is 6.92 Å². The van der Waals surface area contributed by atoms with Crippen molar-refractivity contribution in [2.24, 2.45) is 0 Å². The van der Waals surface area contributed by atoms with Gasteiger partial charge < -0.3 is 25.2 Å². The number of carboxylic acids is 1. The maximum absolute atomic E-state index is 14.3. The van der Waals surface area contributed by atoms with Crippen LogP contribution >= 0.6 is 0 Å². The number of halogens is 2. The van der Waals surface area contributed by atoms with Crippen LogP contribution in [0.15, 0.2) is 0 Å². The van der Waals surface area contributed by atoms with E-state index in [2.05, 4.69) is 5.32 Å². The average molecular weight is 338 g/mol. The summed E-state index contributed by atoms with van der Waals surface area (Å²) in [7, 11) is 0. The summed E-state index contributed by atoms with van der Waals surface area (Å²) in [5.41, 5.74) is 0. The monoisotopic (exact) mass is 338 g/mol. The van der Waals surface area contributed by atoms with Gasteiger partial charge in [0.2, 0.25) is 11.8 Å². The van der Waals surface area contributed by atoms with E-state index >= 15 is 0 Å². The lowest BCUT2D eigenvalue weighted by Crippen LogP contribution is -2.69. The van der Waals surface area contributed by atoms with E-state index in [0.29, 0.717) is 0 Å². The van der Waals surface area contributed by atoms with Gasteiger partial charge in [-0.15, -0.1) is 0 Å². The van der Waals surface area contributed by atoms with Gasteiger partial charge in [-0.25, -0.2) is 9.18 Å². The van der Waals surface area contributed by atoms with Crippen LogP contribution in [0.25, 0.3) is 0 Å². The third-order valence-electron chi connectivity index (χ3n) is 3.63. The molecule has 1 fully saturated rings. The van der Waals surface area contributed by atoms with Gasteiger partial charge in [0, 0.05) is 26.9 Å². The van der Waals surface area contributed by atoms with Crippen molar-refractivity contribution < 1.29 is 38.1 Å². The zero-order valence-electron chi connectivity index (χ0n) is 13.0. The third-order valence-corrected chi connectivity index (χ3v) is 3.63. The Hall–Kier alpha value is -1.81. The fourth-order valence-electron chi connectivity index (χ4n) is 2.41. The Labute approximate surface area is 131 Å². The van der Waals surface area contributed by atoms with Gasteiger partial charge >= 0.3 is 11.8 Å². The standard InChI is InChI=1S/C13H20F2N2O6/c1-4-17(7(3)19)5-8-9(16-6(2)18)10(20)11(14)13(15,23-8)12(21)22/h8-11,20H,4-5H2,1-3H3,(H,16,18)(H,21,22)/t8?,9-,10+,11?,13+/m1/s1. The smallest absolute Gasteiger partial charge is 0.372 e. The summed E-state index contributed by atoms with van der Waals surface area (Å²) in [6.07, 6.45) is -6.49. The highest BCUT2D eigenvalue weighted by atomic mass is 19.2. The van der Waals surface area contributed by atoms with Crippen molar-refractivity contribution in [3.8, 4) is 0 Å². The van der Waals surface area contributed by atoms with E-state index in [9.17, 15) is 28.3 Å². The first-order valence-electron chi connectivity index (χ1n) is 6.99. The molecule has 10 heteroatoms. The minimum Gasteiger partial charge on any atom is -0.477 e. The molecule has 1 aliphatic heterocycles. The molecule has 1 saturated heterocycles. The summed E-state index contributed by atoms with van der Waals surface area (Å²) in [6.45, 7) is 3.82. The molecule has 0 aliphatic carbocycles. The van der Waals surface area contributed by atoms with Gasteiger partial charge in [0.05, 0.1) is 6.04 Å². The van der Waals surface area contributed by atoms with Crippen LogP contribution in [0.3, 0.4) is 0 Å². The highest BCUT2D eigenvalue weighted by Gasteiger charge is 2.61.